The molecule has 20 heavy (non-hydrogen) atoms. The molecule has 106 valence electrons. The maximum Gasteiger partial charge on any atom is 0.140 e. The van der Waals surface area contributed by atoms with Crippen LogP contribution in [0.5, 0.6) is 0 Å². The van der Waals surface area contributed by atoms with Gasteiger partial charge in [-0.05, 0) is 37.7 Å². The molecular formula is C15H16F2N2S. The average molecular weight is 294 g/mol. The number of hydrogen-bond donors (Lipinski definition) is 1. The first-order chi connectivity index (χ1) is 9.63. The lowest BCUT2D eigenvalue weighted by molar-refractivity contribution is 0.560. The highest BCUT2D eigenvalue weighted by molar-refractivity contribution is 7.99. The van der Waals surface area contributed by atoms with E-state index in [1.165, 1.54) is 23.9 Å². The van der Waals surface area contributed by atoms with Gasteiger partial charge in [-0.25, -0.2) is 8.78 Å². The van der Waals surface area contributed by atoms with E-state index in [0.717, 1.165) is 23.1 Å². The quantitative estimate of drug-likeness (QED) is 0.895. The molecule has 1 atom stereocenters. The predicted octanol–water partition coefficient (Wildman–Crippen LogP) is 4.18. The Bertz CT molecular complexity index is 569. The molecule has 0 spiro atoms. The zero-order valence-corrected chi connectivity index (χ0v) is 12.2. The van der Waals surface area contributed by atoms with Crippen LogP contribution in [0.15, 0.2) is 46.3 Å². The van der Waals surface area contributed by atoms with Crippen molar-refractivity contribution in [3.63, 3.8) is 0 Å². The standard InChI is InChI=1S/C15H16F2N2S/c1-3-13(18-2)14-6-5-11(9-19-14)20-15-7-4-10(16)8-12(15)17/h4-9,13,18H,3H2,1-2H3. The van der Waals surface area contributed by atoms with Crippen LogP contribution >= 0.6 is 11.8 Å². The Morgan fingerprint density at radius 3 is 2.60 bits per heavy atom. The summed E-state index contributed by atoms with van der Waals surface area (Å²) in [5, 5.41) is 3.18. The van der Waals surface area contributed by atoms with Crippen molar-refractivity contribution in [2.45, 2.75) is 29.2 Å². The summed E-state index contributed by atoms with van der Waals surface area (Å²) >= 11 is 1.23. The summed E-state index contributed by atoms with van der Waals surface area (Å²) in [6.07, 6.45) is 2.66. The van der Waals surface area contributed by atoms with Gasteiger partial charge < -0.3 is 5.32 Å². The second kappa shape index (κ2) is 6.81. The number of aromatic nitrogens is 1. The molecule has 1 unspecified atom stereocenters. The molecule has 0 fully saturated rings. The molecule has 0 saturated heterocycles. The van der Waals surface area contributed by atoms with Gasteiger partial charge in [0.05, 0.1) is 5.69 Å². The zero-order valence-electron chi connectivity index (χ0n) is 11.4. The summed E-state index contributed by atoms with van der Waals surface area (Å²) in [7, 11) is 1.90. The molecule has 0 radical (unpaired) electrons. The molecule has 0 amide bonds. The van der Waals surface area contributed by atoms with E-state index in [1.807, 2.05) is 19.2 Å². The van der Waals surface area contributed by atoms with E-state index in [2.05, 4.69) is 17.2 Å². The summed E-state index contributed by atoms with van der Waals surface area (Å²) < 4.78 is 26.4. The third-order valence-electron chi connectivity index (χ3n) is 2.99. The first kappa shape index (κ1) is 14.9. The molecule has 2 rings (SSSR count). The van der Waals surface area contributed by atoms with Crippen molar-refractivity contribution in [3.8, 4) is 0 Å². The van der Waals surface area contributed by atoms with Crippen LogP contribution in [0.2, 0.25) is 0 Å². The fourth-order valence-electron chi connectivity index (χ4n) is 1.90. The highest BCUT2D eigenvalue weighted by Gasteiger charge is 2.09. The second-order valence-corrected chi connectivity index (χ2v) is 5.46. The SMILES string of the molecule is CCC(NC)c1ccc(Sc2ccc(F)cc2F)cn1. The van der Waals surface area contributed by atoms with Crippen LogP contribution in [0.4, 0.5) is 8.78 Å². The smallest absolute Gasteiger partial charge is 0.140 e. The molecule has 1 aromatic carbocycles. The van der Waals surface area contributed by atoms with E-state index < -0.39 is 11.6 Å². The van der Waals surface area contributed by atoms with Crippen molar-refractivity contribution in [2.24, 2.45) is 0 Å². The Hall–Kier alpha value is -1.46. The van der Waals surface area contributed by atoms with Gasteiger partial charge in [-0.1, -0.05) is 18.7 Å². The molecule has 1 N–H and O–H groups in total. The van der Waals surface area contributed by atoms with Gasteiger partial charge in [0, 0.05) is 28.1 Å². The first-order valence-corrected chi connectivity index (χ1v) is 7.21. The van der Waals surface area contributed by atoms with Crippen LogP contribution in [0.25, 0.3) is 0 Å². The molecule has 1 heterocycles. The van der Waals surface area contributed by atoms with Crippen molar-refractivity contribution >= 4 is 11.8 Å². The van der Waals surface area contributed by atoms with Gasteiger partial charge in [0.2, 0.25) is 0 Å². The normalized spacial score (nSPS) is 12.4. The molecule has 0 bridgehead atoms. The van der Waals surface area contributed by atoms with E-state index in [9.17, 15) is 8.78 Å². The Kier molecular flexibility index (Phi) is 5.09. The predicted molar refractivity (Wildman–Crippen MR) is 76.8 cm³/mol. The highest BCUT2D eigenvalue weighted by Crippen LogP contribution is 2.30. The Morgan fingerprint density at radius 1 is 1.25 bits per heavy atom. The van der Waals surface area contributed by atoms with Crippen molar-refractivity contribution in [1.29, 1.82) is 0 Å². The van der Waals surface area contributed by atoms with E-state index in [0.29, 0.717) is 4.90 Å². The first-order valence-electron chi connectivity index (χ1n) is 6.40. The topological polar surface area (TPSA) is 24.9 Å². The van der Waals surface area contributed by atoms with Gasteiger partial charge in [-0.2, -0.15) is 0 Å². The second-order valence-electron chi connectivity index (χ2n) is 4.35. The van der Waals surface area contributed by atoms with Crippen LogP contribution in [0, 0.1) is 11.6 Å². The lowest BCUT2D eigenvalue weighted by atomic mass is 10.1. The van der Waals surface area contributed by atoms with E-state index >= 15 is 0 Å². The van der Waals surface area contributed by atoms with Gasteiger partial charge in [0.25, 0.3) is 0 Å². The van der Waals surface area contributed by atoms with Crippen LogP contribution < -0.4 is 5.32 Å². The van der Waals surface area contributed by atoms with Gasteiger partial charge in [-0.3, -0.25) is 4.98 Å². The van der Waals surface area contributed by atoms with Crippen LogP contribution in [-0.2, 0) is 0 Å². The molecule has 0 aliphatic rings. The molecular weight excluding hydrogens is 278 g/mol. The molecule has 0 saturated carbocycles. The zero-order chi connectivity index (χ0) is 14.5. The van der Waals surface area contributed by atoms with Gasteiger partial charge in [0.15, 0.2) is 0 Å². The summed E-state index contributed by atoms with van der Waals surface area (Å²) in [6.45, 7) is 2.08. The largest absolute Gasteiger partial charge is 0.312 e. The fraction of sp³-hybridized carbons (Fsp3) is 0.267. The van der Waals surface area contributed by atoms with Crippen LogP contribution in [0.1, 0.15) is 25.1 Å². The van der Waals surface area contributed by atoms with E-state index in [1.54, 1.807) is 6.20 Å². The molecule has 0 aliphatic heterocycles. The lowest BCUT2D eigenvalue weighted by Crippen LogP contribution is -2.16. The van der Waals surface area contributed by atoms with Crippen molar-refractivity contribution in [1.82, 2.24) is 10.3 Å². The summed E-state index contributed by atoms with van der Waals surface area (Å²) in [5.74, 6) is -1.12. The number of benzene rings is 1. The minimum Gasteiger partial charge on any atom is -0.312 e. The van der Waals surface area contributed by atoms with Gasteiger partial charge in [0.1, 0.15) is 11.6 Å². The average Bonchev–Trinajstić information content (AvgIpc) is 2.45. The number of nitrogens with one attached hydrogen (secondary N) is 1. The number of rotatable bonds is 5. The van der Waals surface area contributed by atoms with Crippen molar-refractivity contribution < 1.29 is 8.78 Å². The highest BCUT2D eigenvalue weighted by atomic mass is 32.2. The van der Waals surface area contributed by atoms with Crippen LogP contribution in [0.3, 0.4) is 0 Å². The Morgan fingerprint density at radius 2 is 2.05 bits per heavy atom. The monoisotopic (exact) mass is 294 g/mol. The summed E-state index contributed by atoms with van der Waals surface area (Å²) in [5.41, 5.74) is 0.957. The lowest BCUT2D eigenvalue weighted by Gasteiger charge is -2.13. The van der Waals surface area contributed by atoms with E-state index in [-0.39, 0.29) is 6.04 Å². The van der Waals surface area contributed by atoms with E-state index in [4.69, 9.17) is 0 Å². The maximum atomic E-state index is 13.6. The number of nitrogens with zero attached hydrogens (tertiary/aromatic N) is 1. The van der Waals surface area contributed by atoms with Crippen LogP contribution in [-0.4, -0.2) is 12.0 Å². The van der Waals surface area contributed by atoms with Gasteiger partial charge >= 0.3 is 0 Å². The third-order valence-corrected chi connectivity index (χ3v) is 4.02. The Labute approximate surface area is 121 Å². The third kappa shape index (κ3) is 3.55. The molecule has 2 nitrogen and oxygen atoms in total. The van der Waals surface area contributed by atoms with Gasteiger partial charge in [-0.15, -0.1) is 0 Å². The molecule has 1 aromatic heterocycles. The number of halogens is 2. The molecule has 2 aromatic rings. The minimum absolute atomic E-state index is 0.219. The number of pyridine rings is 1. The van der Waals surface area contributed by atoms with Crippen molar-refractivity contribution in [3.05, 3.63) is 53.9 Å². The Balaban J connectivity index is 2.14. The fourth-order valence-corrected chi connectivity index (χ4v) is 2.69. The summed E-state index contributed by atoms with van der Waals surface area (Å²) in [6, 6.07) is 7.62. The maximum absolute atomic E-state index is 13.6. The molecule has 5 heteroatoms. The van der Waals surface area contributed by atoms with Crippen molar-refractivity contribution in [2.75, 3.05) is 7.05 Å². The minimum atomic E-state index is -0.569. The summed E-state index contributed by atoms with van der Waals surface area (Å²) in [4.78, 5) is 5.60. The molecule has 0 aliphatic carbocycles. The number of hydrogen-bond acceptors (Lipinski definition) is 3.